The molecule has 0 spiro atoms. The molecule has 19 heavy (non-hydrogen) atoms. The number of rotatable bonds is 2. The molecule has 2 amide bonds. The zero-order chi connectivity index (χ0) is 13.2. The van der Waals surface area contributed by atoms with Crippen molar-refractivity contribution in [2.75, 3.05) is 18.4 Å². The number of amides is 2. The van der Waals surface area contributed by atoms with Crippen LogP contribution in [0.15, 0.2) is 12.4 Å². The number of aliphatic hydroxyl groups is 1. The minimum atomic E-state index is -0.409. The van der Waals surface area contributed by atoms with Crippen molar-refractivity contribution in [2.45, 2.75) is 37.7 Å². The van der Waals surface area contributed by atoms with Crippen molar-refractivity contribution in [1.82, 2.24) is 14.9 Å². The fourth-order valence-corrected chi connectivity index (χ4v) is 2.30. The standard InChI is InChI=1S/C13H18N4O2/c18-11-2-1-5-17(8-11)13(19)16-10-6-14-12(15-7-10)9-3-4-9/h6-7,9,11,18H,1-5,8H2,(H,16,19). The average molecular weight is 262 g/mol. The Bertz CT molecular complexity index is 458. The molecule has 2 N–H and O–H groups in total. The second kappa shape index (κ2) is 5.13. The molecule has 1 atom stereocenters. The highest BCUT2D eigenvalue weighted by Gasteiger charge is 2.26. The summed E-state index contributed by atoms with van der Waals surface area (Å²) in [5.74, 6) is 1.38. The van der Waals surface area contributed by atoms with E-state index in [9.17, 15) is 9.90 Å². The molecule has 0 aromatic carbocycles. The van der Waals surface area contributed by atoms with E-state index in [2.05, 4.69) is 15.3 Å². The summed E-state index contributed by atoms with van der Waals surface area (Å²) in [5, 5.41) is 12.3. The molecule has 0 bridgehead atoms. The van der Waals surface area contributed by atoms with E-state index in [4.69, 9.17) is 0 Å². The number of hydrogen-bond donors (Lipinski definition) is 2. The van der Waals surface area contributed by atoms with Crippen molar-refractivity contribution >= 4 is 11.7 Å². The number of nitrogens with zero attached hydrogens (tertiary/aromatic N) is 3. The van der Waals surface area contributed by atoms with Crippen molar-refractivity contribution in [1.29, 1.82) is 0 Å². The lowest BCUT2D eigenvalue weighted by atomic mass is 10.1. The summed E-state index contributed by atoms with van der Waals surface area (Å²) in [5.41, 5.74) is 0.606. The van der Waals surface area contributed by atoms with Gasteiger partial charge in [0.1, 0.15) is 5.82 Å². The topological polar surface area (TPSA) is 78.4 Å². The molecular formula is C13H18N4O2. The lowest BCUT2D eigenvalue weighted by Crippen LogP contribution is -2.44. The molecule has 3 rings (SSSR count). The Morgan fingerprint density at radius 3 is 2.68 bits per heavy atom. The fourth-order valence-electron chi connectivity index (χ4n) is 2.30. The first-order valence-corrected chi connectivity index (χ1v) is 6.78. The van der Waals surface area contributed by atoms with Gasteiger partial charge in [-0.25, -0.2) is 14.8 Å². The predicted molar refractivity (Wildman–Crippen MR) is 69.8 cm³/mol. The molecule has 1 aliphatic heterocycles. The van der Waals surface area contributed by atoms with Crippen LogP contribution in [0.2, 0.25) is 0 Å². The van der Waals surface area contributed by atoms with Gasteiger partial charge in [0.05, 0.1) is 24.2 Å². The van der Waals surface area contributed by atoms with Gasteiger partial charge in [-0.3, -0.25) is 0 Å². The number of carbonyl (C=O) groups is 1. The Balaban J connectivity index is 1.58. The van der Waals surface area contributed by atoms with E-state index in [0.29, 0.717) is 24.7 Å². The van der Waals surface area contributed by atoms with Crippen LogP contribution in [0, 0.1) is 0 Å². The summed E-state index contributed by atoms with van der Waals surface area (Å²) >= 11 is 0. The maximum Gasteiger partial charge on any atom is 0.322 e. The van der Waals surface area contributed by atoms with Gasteiger partial charge < -0.3 is 15.3 Å². The monoisotopic (exact) mass is 262 g/mol. The quantitative estimate of drug-likeness (QED) is 0.843. The smallest absolute Gasteiger partial charge is 0.322 e. The van der Waals surface area contributed by atoms with Gasteiger partial charge in [-0.1, -0.05) is 0 Å². The van der Waals surface area contributed by atoms with E-state index in [1.807, 2.05) is 0 Å². The number of carbonyl (C=O) groups excluding carboxylic acids is 1. The zero-order valence-corrected chi connectivity index (χ0v) is 10.7. The molecule has 1 unspecified atom stereocenters. The third-order valence-corrected chi connectivity index (χ3v) is 3.55. The molecule has 1 aromatic rings. The van der Waals surface area contributed by atoms with Crippen LogP contribution in [-0.4, -0.2) is 45.2 Å². The minimum absolute atomic E-state index is 0.193. The normalized spacial score (nSPS) is 23.2. The van der Waals surface area contributed by atoms with Crippen molar-refractivity contribution in [3.63, 3.8) is 0 Å². The van der Waals surface area contributed by atoms with E-state index in [1.54, 1.807) is 17.3 Å². The van der Waals surface area contributed by atoms with E-state index < -0.39 is 6.10 Å². The second-order valence-electron chi connectivity index (χ2n) is 5.28. The molecular weight excluding hydrogens is 244 g/mol. The lowest BCUT2D eigenvalue weighted by Gasteiger charge is -2.30. The Labute approximate surface area is 111 Å². The van der Waals surface area contributed by atoms with Gasteiger partial charge in [0.25, 0.3) is 0 Å². The van der Waals surface area contributed by atoms with E-state index in [-0.39, 0.29) is 6.03 Å². The summed E-state index contributed by atoms with van der Waals surface area (Å²) in [6.07, 6.45) is 6.83. The highest BCUT2D eigenvalue weighted by molar-refractivity contribution is 5.89. The molecule has 102 valence electrons. The molecule has 2 aliphatic rings. The maximum atomic E-state index is 12.0. The number of β-amino-alcohol motifs (C(OH)–C–C–N with tert-alkyl or cyclic N) is 1. The van der Waals surface area contributed by atoms with Crippen LogP contribution in [0.3, 0.4) is 0 Å². The number of piperidine rings is 1. The third kappa shape index (κ3) is 3.01. The van der Waals surface area contributed by atoms with Crippen LogP contribution in [0.1, 0.15) is 37.4 Å². The van der Waals surface area contributed by atoms with Crippen LogP contribution in [0.5, 0.6) is 0 Å². The van der Waals surface area contributed by atoms with Gasteiger partial charge in [0, 0.05) is 19.0 Å². The van der Waals surface area contributed by atoms with Gasteiger partial charge in [0.15, 0.2) is 0 Å². The average Bonchev–Trinajstić information content (AvgIpc) is 3.24. The number of nitrogens with one attached hydrogen (secondary N) is 1. The van der Waals surface area contributed by atoms with E-state index in [0.717, 1.165) is 31.5 Å². The second-order valence-corrected chi connectivity index (χ2v) is 5.28. The van der Waals surface area contributed by atoms with Crippen LogP contribution >= 0.6 is 0 Å². The van der Waals surface area contributed by atoms with Gasteiger partial charge in [-0.2, -0.15) is 0 Å². The number of hydrogen-bond acceptors (Lipinski definition) is 4. The summed E-state index contributed by atoms with van der Waals surface area (Å²) in [6, 6.07) is -0.193. The highest BCUT2D eigenvalue weighted by atomic mass is 16.3. The molecule has 0 radical (unpaired) electrons. The number of aliphatic hydroxyl groups excluding tert-OH is 1. The first-order chi connectivity index (χ1) is 9.22. The molecule has 1 saturated carbocycles. The summed E-state index contributed by atoms with van der Waals surface area (Å²) in [6.45, 7) is 1.08. The summed E-state index contributed by atoms with van der Waals surface area (Å²) in [4.78, 5) is 22.1. The zero-order valence-electron chi connectivity index (χ0n) is 10.7. The third-order valence-electron chi connectivity index (χ3n) is 3.55. The first kappa shape index (κ1) is 12.3. The predicted octanol–water partition coefficient (Wildman–Crippen LogP) is 1.34. The number of anilines is 1. The molecule has 1 aliphatic carbocycles. The summed E-state index contributed by atoms with van der Waals surface area (Å²) in [7, 11) is 0. The minimum Gasteiger partial charge on any atom is -0.391 e. The van der Waals surface area contributed by atoms with Crippen LogP contribution in [-0.2, 0) is 0 Å². The molecule has 1 aromatic heterocycles. The van der Waals surface area contributed by atoms with Gasteiger partial charge in [-0.15, -0.1) is 0 Å². The van der Waals surface area contributed by atoms with E-state index in [1.165, 1.54) is 0 Å². The first-order valence-electron chi connectivity index (χ1n) is 6.78. The Morgan fingerprint density at radius 1 is 1.32 bits per heavy atom. The fraction of sp³-hybridized carbons (Fsp3) is 0.615. The lowest BCUT2D eigenvalue weighted by molar-refractivity contribution is 0.0883. The maximum absolute atomic E-state index is 12.0. The molecule has 6 heteroatoms. The van der Waals surface area contributed by atoms with Gasteiger partial charge in [-0.05, 0) is 25.7 Å². The van der Waals surface area contributed by atoms with Crippen molar-refractivity contribution in [3.05, 3.63) is 18.2 Å². The SMILES string of the molecule is O=C(Nc1cnc(C2CC2)nc1)N1CCCC(O)C1. The number of urea groups is 1. The Hall–Kier alpha value is -1.69. The molecule has 2 heterocycles. The van der Waals surface area contributed by atoms with Crippen LogP contribution < -0.4 is 5.32 Å². The summed E-state index contributed by atoms with van der Waals surface area (Å²) < 4.78 is 0. The van der Waals surface area contributed by atoms with Gasteiger partial charge in [0.2, 0.25) is 0 Å². The van der Waals surface area contributed by atoms with Crippen molar-refractivity contribution < 1.29 is 9.90 Å². The molecule has 1 saturated heterocycles. The van der Waals surface area contributed by atoms with Crippen molar-refractivity contribution in [3.8, 4) is 0 Å². The molecule has 6 nitrogen and oxygen atoms in total. The number of likely N-dealkylation sites (tertiary alicyclic amines) is 1. The highest BCUT2D eigenvalue weighted by Crippen LogP contribution is 2.37. The molecule has 2 fully saturated rings. The van der Waals surface area contributed by atoms with Gasteiger partial charge >= 0.3 is 6.03 Å². The Morgan fingerprint density at radius 2 is 2.05 bits per heavy atom. The largest absolute Gasteiger partial charge is 0.391 e. The van der Waals surface area contributed by atoms with E-state index >= 15 is 0 Å². The number of aromatic nitrogens is 2. The van der Waals surface area contributed by atoms with Crippen LogP contribution in [0.25, 0.3) is 0 Å². The Kier molecular flexibility index (Phi) is 3.33. The van der Waals surface area contributed by atoms with Crippen molar-refractivity contribution in [2.24, 2.45) is 0 Å². The van der Waals surface area contributed by atoms with Crippen LogP contribution in [0.4, 0.5) is 10.5 Å².